The number of hydrogen-bond donors (Lipinski definition) is 1. The molecule has 0 spiro atoms. The van der Waals surface area contributed by atoms with Crippen LogP contribution in [-0.4, -0.2) is 15.9 Å². The van der Waals surface area contributed by atoms with Crippen LogP contribution in [0.3, 0.4) is 0 Å². The van der Waals surface area contributed by atoms with E-state index in [4.69, 9.17) is 17.3 Å². The zero-order valence-corrected chi connectivity index (χ0v) is 9.85. The van der Waals surface area contributed by atoms with Crippen LogP contribution < -0.4 is 16.3 Å². The second-order valence-corrected chi connectivity index (χ2v) is 4.19. The molecule has 2 heterocycles. The molecule has 2 N–H and O–H groups in total. The van der Waals surface area contributed by atoms with Crippen LogP contribution in [0.25, 0.3) is 5.57 Å². The van der Waals surface area contributed by atoms with Crippen molar-refractivity contribution in [1.82, 2.24) is 9.97 Å². The average molecular weight is 259 g/mol. The van der Waals surface area contributed by atoms with E-state index in [1.165, 1.54) is 6.20 Å². The Hall–Kier alpha value is -2.27. The van der Waals surface area contributed by atoms with Crippen molar-refractivity contribution < 1.29 is 4.79 Å². The summed E-state index contributed by atoms with van der Waals surface area (Å²) in [7, 11) is 0. The Kier molecular flexibility index (Phi) is 2.34. The maximum atomic E-state index is 11.9. The molecule has 18 heavy (non-hydrogen) atoms. The molecule has 0 saturated heterocycles. The highest BCUT2D eigenvalue weighted by atomic mass is 35.5. The van der Waals surface area contributed by atoms with Crippen LogP contribution in [0.15, 0.2) is 35.5 Å². The minimum absolute atomic E-state index is 0.114. The number of amides is 1. The molecule has 1 amide bonds. The van der Waals surface area contributed by atoms with Crippen molar-refractivity contribution in [3.05, 3.63) is 51.8 Å². The van der Waals surface area contributed by atoms with E-state index in [1.807, 2.05) is 0 Å². The summed E-state index contributed by atoms with van der Waals surface area (Å²) < 4.78 is 0. The lowest BCUT2D eigenvalue weighted by Crippen LogP contribution is -2.23. The first-order valence-electron chi connectivity index (χ1n) is 5.17. The van der Waals surface area contributed by atoms with Gasteiger partial charge < -0.3 is 5.73 Å². The number of nitrogens with two attached hydrogens (primary N) is 1. The molecule has 0 radical (unpaired) electrons. The van der Waals surface area contributed by atoms with E-state index in [2.05, 4.69) is 15.0 Å². The molecular weight excluding hydrogens is 252 g/mol. The smallest absolute Gasteiger partial charge is 0.280 e. The number of hydrogen-bond acceptors (Lipinski definition) is 4. The lowest BCUT2D eigenvalue weighted by molar-refractivity contribution is -0.112. The predicted octanol–water partition coefficient (Wildman–Crippen LogP) is 0.0710. The molecule has 0 atom stereocenters. The number of nitrogen functional groups attached to an aromatic ring is 1. The van der Waals surface area contributed by atoms with Crippen LogP contribution in [0.2, 0.25) is 5.02 Å². The summed E-state index contributed by atoms with van der Waals surface area (Å²) in [6.07, 6.45) is 1.50. The van der Waals surface area contributed by atoms with Gasteiger partial charge in [-0.2, -0.15) is 0 Å². The largest absolute Gasteiger partial charge is 0.368 e. The molecule has 0 aliphatic carbocycles. The van der Waals surface area contributed by atoms with Crippen LogP contribution in [0.5, 0.6) is 0 Å². The Labute approximate surface area is 107 Å². The summed E-state index contributed by atoms with van der Waals surface area (Å²) in [6, 6.07) is 6.70. The van der Waals surface area contributed by atoms with Crippen LogP contribution in [0.4, 0.5) is 5.95 Å². The number of aromatic nitrogens is 2. The lowest BCUT2D eigenvalue weighted by atomic mass is 10.1. The molecule has 3 rings (SSSR count). The number of halogens is 1. The van der Waals surface area contributed by atoms with Crippen molar-refractivity contribution in [1.29, 1.82) is 0 Å². The van der Waals surface area contributed by atoms with E-state index in [9.17, 15) is 4.79 Å². The van der Waals surface area contributed by atoms with E-state index in [1.54, 1.807) is 24.3 Å². The first-order valence-corrected chi connectivity index (χ1v) is 5.55. The standard InChI is InChI=1S/C12H7ClN4O/c13-6-1-2-8-7(5-6)10(11(18)16-8)9-3-4-15-12(14)17-9/h1-5H,(H2,14,15,17). The third-order valence-corrected chi connectivity index (χ3v) is 2.83. The molecule has 1 aromatic heterocycles. The van der Waals surface area contributed by atoms with Crippen molar-refractivity contribution in [2.45, 2.75) is 0 Å². The fraction of sp³-hybridized carbons (Fsp3) is 0. The van der Waals surface area contributed by atoms with Gasteiger partial charge in [0.1, 0.15) is 0 Å². The van der Waals surface area contributed by atoms with Crippen LogP contribution in [-0.2, 0) is 4.79 Å². The average Bonchev–Trinajstić information content (AvgIpc) is 2.64. The van der Waals surface area contributed by atoms with Crippen LogP contribution in [0, 0.1) is 0 Å². The van der Waals surface area contributed by atoms with Crippen molar-refractivity contribution in [3.63, 3.8) is 0 Å². The summed E-state index contributed by atoms with van der Waals surface area (Å²) >= 11 is 5.93. The number of fused-ring (bicyclic) bond motifs is 1. The molecule has 1 aliphatic rings. The highest BCUT2D eigenvalue weighted by Crippen LogP contribution is 2.13. The quantitative estimate of drug-likeness (QED) is 0.785. The van der Waals surface area contributed by atoms with Crippen LogP contribution in [0.1, 0.15) is 5.69 Å². The molecule has 0 unspecified atom stereocenters. The van der Waals surface area contributed by atoms with Crippen molar-refractivity contribution in [3.8, 4) is 0 Å². The summed E-state index contributed by atoms with van der Waals surface area (Å²) in [5, 5.41) is 1.81. The van der Waals surface area contributed by atoms with Gasteiger partial charge in [0, 0.05) is 16.4 Å². The van der Waals surface area contributed by atoms with Gasteiger partial charge in [0.05, 0.1) is 16.6 Å². The zero-order chi connectivity index (χ0) is 12.7. The maximum Gasteiger partial charge on any atom is 0.280 e. The monoisotopic (exact) mass is 258 g/mol. The second kappa shape index (κ2) is 3.89. The number of anilines is 1. The van der Waals surface area contributed by atoms with Gasteiger partial charge >= 0.3 is 0 Å². The number of carbonyl (C=O) groups is 1. The third kappa shape index (κ3) is 1.65. The predicted molar refractivity (Wildman–Crippen MR) is 66.2 cm³/mol. The fourth-order valence-electron chi connectivity index (χ4n) is 1.85. The van der Waals surface area contributed by atoms with Gasteiger partial charge in [-0.3, -0.25) is 4.79 Å². The molecule has 6 heteroatoms. The van der Waals surface area contributed by atoms with Crippen molar-refractivity contribution in [2.24, 2.45) is 4.99 Å². The lowest BCUT2D eigenvalue weighted by Gasteiger charge is -1.99. The zero-order valence-electron chi connectivity index (χ0n) is 9.09. The van der Waals surface area contributed by atoms with Gasteiger partial charge in [0.25, 0.3) is 5.91 Å². The highest BCUT2D eigenvalue weighted by Gasteiger charge is 2.19. The molecule has 88 valence electrons. The Morgan fingerprint density at radius 2 is 2.06 bits per heavy atom. The third-order valence-electron chi connectivity index (χ3n) is 2.59. The Bertz CT molecular complexity index is 785. The summed E-state index contributed by atoms with van der Waals surface area (Å²) in [4.78, 5) is 23.7. The molecule has 0 bridgehead atoms. The minimum Gasteiger partial charge on any atom is -0.368 e. The second-order valence-electron chi connectivity index (χ2n) is 3.75. The molecule has 1 aromatic carbocycles. The van der Waals surface area contributed by atoms with Crippen LogP contribution >= 0.6 is 11.6 Å². The Balaban J connectivity index is 2.38. The molecular formula is C12H7ClN4O. The normalized spacial score (nSPS) is 13.4. The number of rotatable bonds is 1. The summed E-state index contributed by atoms with van der Waals surface area (Å²) in [5.41, 5.74) is 6.38. The number of nitrogens with zero attached hydrogens (tertiary/aromatic N) is 3. The number of benzene rings is 1. The minimum atomic E-state index is -0.342. The molecule has 1 aliphatic heterocycles. The van der Waals surface area contributed by atoms with Gasteiger partial charge in [0.2, 0.25) is 5.95 Å². The van der Waals surface area contributed by atoms with Gasteiger partial charge in [0.15, 0.2) is 0 Å². The van der Waals surface area contributed by atoms with E-state index in [0.29, 0.717) is 26.9 Å². The summed E-state index contributed by atoms with van der Waals surface area (Å²) in [6.45, 7) is 0. The van der Waals surface area contributed by atoms with E-state index < -0.39 is 0 Å². The summed E-state index contributed by atoms with van der Waals surface area (Å²) in [5.74, 6) is -0.228. The fourth-order valence-corrected chi connectivity index (χ4v) is 2.02. The van der Waals surface area contributed by atoms with Crippen molar-refractivity contribution in [2.75, 3.05) is 5.73 Å². The topological polar surface area (TPSA) is 81.2 Å². The van der Waals surface area contributed by atoms with E-state index in [-0.39, 0.29) is 11.9 Å². The van der Waals surface area contributed by atoms with Gasteiger partial charge in [-0.25, -0.2) is 15.0 Å². The van der Waals surface area contributed by atoms with Gasteiger partial charge in [-0.1, -0.05) is 11.6 Å². The van der Waals surface area contributed by atoms with Gasteiger partial charge in [-0.15, -0.1) is 0 Å². The van der Waals surface area contributed by atoms with Gasteiger partial charge in [-0.05, 0) is 24.3 Å². The molecule has 0 saturated carbocycles. The van der Waals surface area contributed by atoms with E-state index >= 15 is 0 Å². The Morgan fingerprint density at radius 1 is 1.22 bits per heavy atom. The molecule has 0 fully saturated rings. The highest BCUT2D eigenvalue weighted by molar-refractivity contribution is 6.30. The van der Waals surface area contributed by atoms with Crippen molar-refractivity contribution >= 4 is 29.0 Å². The first kappa shape index (κ1) is 10.9. The SMILES string of the molecule is Nc1nccc(C2=c3cc(Cl)ccc3=NC2=O)n1. The first-order chi connectivity index (χ1) is 8.65. The number of carbonyl (C=O) groups excluding carboxylic acids is 1. The maximum absolute atomic E-state index is 11.9. The molecule has 2 aromatic rings. The molecule has 5 nitrogen and oxygen atoms in total. The Morgan fingerprint density at radius 3 is 2.83 bits per heavy atom. The van der Waals surface area contributed by atoms with E-state index in [0.717, 1.165) is 0 Å².